The summed E-state index contributed by atoms with van der Waals surface area (Å²) in [5.41, 5.74) is 5.11. The summed E-state index contributed by atoms with van der Waals surface area (Å²) in [7, 11) is 0. The van der Waals surface area contributed by atoms with E-state index in [9.17, 15) is 19.2 Å². The summed E-state index contributed by atoms with van der Waals surface area (Å²) >= 11 is 0. The maximum absolute atomic E-state index is 12.8. The summed E-state index contributed by atoms with van der Waals surface area (Å²) in [5.74, 6) is -0.939. The van der Waals surface area contributed by atoms with Crippen LogP contribution in [0.1, 0.15) is 27.7 Å². The van der Waals surface area contributed by atoms with Crippen molar-refractivity contribution in [2.45, 2.75) is 27.7 Å². The molecule has 0 unspecified atom stereocenters. The molecule has 0 atom stereocenters. The predicted molar refractivity (Wildman–Crippen MR) is 202 cm³/mol. The van der Waals surface area contributed by atoms with Gasteiger partial charge in [-0.15, -0.1) is 0 Å². The molecular weight excluding hydrogens is 656 g/mol. The lowest BCUT2D eigenvalue weighted by Gasteiger charge is -2.16. The standard InChI is InChI=1S/C44H36O8/c1-25(2)41(45)49-35-16-11-29(12-17-35)37-19-14-32(23-39(37)51-43(47)27(5)6)33-15-20-38(40(24-33)52-44(48)28(7)8)34-10-9-31-22-36(18-13-30(31)21-34)50-42(46)26(3)4/h9-24H,1,3,5,7H2,2,4,6,8H3. The van der Waals surface area contributed by atoms with Gasteiger partial charge in [-0.2, -0.15) is 0 Å². The topological polar surface area (TPSA) is 105 Å². The molecule has 0 amide bonds. The highest BCUT2D eigenvalue weighted by Gasteiger charge is 2.18. The molecule has 0 radical (unpaired) electrons. The fourth-order valence-electron chi connectivity index (χ4n) is 4.97. The number of hydrogen-bond donors (Lipinski definition) is 0. The minimum atomic E-state index is -0.603. The third kappa shape index (κ3) is 8.49. The lowest BCUT2D eigenvalue weighted by Crippen LogP contribution is -2.09. The summed E-state index contributed by atoms with van der Waals surface area (Å²) in [6.45, 7) is 20.9. The van der Waals surface area contributed by atoms with Crippen molar-refractivity contribution in [2.24, 2.45) is 0 Å². The van der Waals surface area contributed by atoms with Crippen molar-refractivity contribution in [1.29, 1.82) is 0 Å². The first-order valence-electron chi connectivity index (χ1n) is 16.1. The zero-order chi connectivity index (χ0) is 37.7. The summed E-state index contributed by atoms with van der Waals surface area (Å²) < 4.78 is 22.3. The van der Waals surface area contributed by atoms with Crippen molar-refractivity contribution < 1.29 is 38.1 Å². The van der Waals surface area contributed by atoms with E-state index < -0.39 is 23.9 Å². The zero-order valence-electron chi connectivity index (χ0n) is 29.3. The van der Waals surface area contributed by atoms with E-state index in [-0.39, 0.29) is 22.5 Å². The van der Waals surface area contributed by atoms with Gasteiger partial charge in [0.15, 0.2) is 0 Å². The lowest BCUT2D eigenvalue weighted by atomic mass is 9.95. The van der Waals surface area contributed by atoms with E-state index in [1.165, 1.54) is 0 Å². The van der Waals surface area contributed by atoms with E-state index in [2.05, 4.69) is 26.3 Å². The van der Waals surface area contributed by atoms with Crippen LogP contribution >= 0.6 is 0 Å². The number of esters is 4. The van der Waals surface area contributed by atoms with E-state index >= 15 is 0 Å². The molecule has 0 saturated heterocycles. The number of carbonyl (C=O) groups is 4. The Kier molecular flexibility index (Phi) is 10.8. The first-order chi connectivity index (χ1) is 24.7. The van der Waals surface area contributed by atoms with Crippen LogP contribution in [0.4, 0.5) is 0 Å². The normalized spacial score (nSPS) is 10.5. The van der Waals surface area contributed by atoms with Crippen molar-refractivity contribution in [2.75, 3.05) is 0 Å². The molecule has 52 heavy (non-hydrogen) atoms. The molecule has 5 rings (SSSR count). The second kappa shape index (κ2) is 15.4. The molecule has 5 aromatic carbocycles. The van der Waals surface area contributed by atoms with Crippen LogP contribution in [0.5, 0.6) is 23.0 Å². The van der Waals surface area contributed by atoms with Crippen LogP contribution in [0, 0.1) is 0 Å². The number of rotatable bonds is 11. The zero-order valence-corrected chi connectivity index (χ0v) is 29.3. The van der Waals surface area contributed by atoms with E-state index in [4.69, 9.17) is 18.9 Å². The molecule has 0 spiro atoms. The Bertz CT molecular complexity index is 2330. The molecule has 5 aromatic rings. The van der Waals surface area contributed by atoms with Crippen molar-refractivity contribution in [3.8, 4) is 56.4 Å². The number of benzene rings is 5. The maximum Gasteiger partial charge on any atom is 0.338 e. The van der Waals surface area contributed by atoms with Crippen LogP contribution in [0.15, 0.2) is 146 Å². The van der Waals surface area contributed by atoms with Gasteiger partial charge in [0.1, 0.15) is 23.0 Å². The molecule has 0 aromatic heterocycles. The summed E-state index contributed by atoms with van der Waals surface area (Å²) in [5, 5.41) is 1.71. The Labute approximate surface area is 301 Å². The van der Waals surface area contributed by atoms with Crippen LogP contribution in [-0.4, -0.2) is 23.9 Å². The molecule has 0 aliphatic heterocycles. The summed E-state index contributed by atoms with van der Waals surface area (Å²) in [6.07, 6.45) is 0. The van der Waals surface area contributed by atoms with Crippen LogP contribution < -0.4 is 18.9 Å². The number of ether oxygens (including phenoxy) is 4. The fraction of sp³-hybridized carbons (Fsp3) is 0.0909. The van der Waals surface area contributed by atoms with Crippen molar-refractivity contribution in [3.05, 3.63) is 146 Å². The second-order valence-corrected chi connectivity index (χ2v) is 12.3. The summed E-state index contributed by atoms with van der Waals surface area (Å²) in [4.78, 5) is 49.5. The van der Waals surface area contributed by atoms with E-state index in [0.29, 0.717) is 50.6 Å². The van der Waals surface area contributed by atoms with Crippen molar-refractivity contribution in [1.82, 2.24) is 0 Å². The Morgan fingerprint density at radius 2 is 0.750 bits per heavy atom. The largest absolute Gasteiger partial charge is 0.423 e. The highest BCUT2D eigenvalue weighted by Crippen LogP contribution is 2.40. The molecule has 0 saturated carbocycles. The van der Waals surface area contributed by atoms with Crippen molar-refractivity contribution >= 4 is 34.6 Å². The van der Waals surface area contributed by atoms with E-state index in [1.807, 2.05) is 48.5 Å². The number of carbonyl (C=O) groups excluding carboxylic acids is 4. The van der Waals surface area contributed by atoms with Crippen LogP contribution in [0.25, 0.3) is 44.2 Å². The van der Waals surface area contributed by atoms with Crippen LogP contribution in [0.2, 0.25) is 0 Å². The SMILES string of the molecule is C=C(C)C(=O)Oc1ccc(-c2ccc(-c3ccc(-c4ccc5cc(OC(=O)C(=C)C)ccc5c4)c(OC(=O)C(=C)C)c3)cc2OC(=O)C(=C)C)cc1. The highest BCUT2D eigenvalue weighted by atomic mass is 16.5. The van der Waals surface area contributed by atoms with Crippen molar-refractivity contribution in [3.63, 3.8) is 0 Å². The van der Waals surface area contributed by atoms with Gasteiger partial charge in [-0.3, -0.25) is 0 Å². The maximum atomic E-state index is 12.8. The Balaban J connectivity index is 1.54. The Morgan fingerprint density at radius 1 is 0.385 bits per heavy atom. The van der Waals surface area contributed by atoms with Gasteiger partial charge in [0.2, 0.25) is 0 Å². The second-order valence-electron chi connectivity index (χ2n) is 12.3. The molecule has 0 aliphatic rings. The van der Waals surface area contributed by atoms with Gasteiger partial charge in [-0.25, -0.2) is 19.2 Å². The van der Waals surface area contributed by atoms with Gasteiger partial charge in [0.25, 0.3) is 0 Å². The van der Waals surface area contributed by atoms with Gasteiger partial charge in [0, 0.05) is 33.4 Å². The molecular formula is C44H36O8. The molecule has 0 N–H and O–H groups in total. The van der Waals surface area contributed by atoms with Gasteiger partial charge in [-0.05, 0) is 103 Å². The fourth-order valence-corrected chi connectivity index (χ4v) is 4.97. The molecule has 260 valence electrons. The first-order valence-corrected chi connectivity index (χ1v) is 16.1. The van der Waals surface area contributed by atoms with Crippen LogP contribution in [-0.2, 0) is 19.2 Å². The molecule has 0 bridgehead atoms. The quantitative estimate of drug-likeness (QED) is 0.0766. The van der Waals surface area contributed by atoms with Gasteiger partial charge < -0.3 is 18.9 Å². The predicted octanol–water partition coefficient (Wildman–Crippen LogP) is 9.77. The van der Waals surface area contributed by atoms with Gasteiger partial charge >= 0.3 is 23.9 Å². The number of hydrogen-bond acceptors (Lipinski definition) is 8. The molecule has 8 nitrogen and oxygen atoms in total. The third-order valence-electron chi connectivity index (χ3n) is 7.80. The van der Waals surface area contributed by atoms with E-state index in [1.54, 1.807) is 76.2 Å². The molecule has 0 fully saturated rings. The van der Waals surface area contributed by atoms with Gasteiger partial charge in [-0.1, -0.05) is 80.9 Å². The molecule has 0 aliphatic carbocycles. The third-order valence-corrected chi connectivity index (χ3v) is 7.80. The monoisotopic (exact) mass is 692 g/mol. The summed E-state index contributed by atoms with van der Waals surface area (Å²) in [6, 6.07) is 28.6. The van der Waals surface area contributed by atoms with Crippen LogP contribution in [0.3, 0.4) is 0 Å². The highest BCUT2D eigenvalue weighted by molar-refractivity contribution is 5.95. The lowest BCUT2D eigenvalue weighted by molar-refractivity contribution is -0.130. The average Bonchev–Trinajstić information content (AvgIpc) is 3.11. The van der Waals surface area contributed by atoms with Gasteiger partial charge in [0.05, 0.1) is 0 Å². The number of fused-ring (bicyclic) bond motifs is 1. The molecule has 0 heterocycles. The first kappa shape index (κ1) is 36.5. The van der Waals surface area contributed by atoms with E-state index in [0.717, 1.165) is 16.3 Å². The smallest absolute Gasteiger partial charge is 0.338 e. The Hall–Kier alpha value is -6.80. The molecule has 8 heteroatoms. The minimum absolute atomic E-state index is 0.219. The minimum Gasteiger partial charge on any atom is -0.423 e. The Morgan fingerprint density at radius 3 is 1.25 bits per heavy atom. The average molecular weight is 693 g/mol.